The van der Waals surface area contributed by atoms with Crippen molar-refractivity contribution in [1.82, 2.24) is 0 Å². The fraction of sp³-hybridized carbons (Fsp3) is 0.714. The molecule has 4 aliphatic rings. The van der Waals surface area contributed by atoms with Crippen molar-refractivity contribution in [2.24, 2.45) is 17.8 Å². The molecule has 0 spiro atoms. The zero-order chi connectivity index (χ0) is 11.2. The van der Waals surface area contributed by atoms with Crippen molar-refractivity contribution in [2.75, 3.05) is 0 Å². The van der Waals surface area contributed by atoms with Crippen molar-refractivity contribution in [3.05, 3.63) is 25.7 Å². The molecule has 0 radical (unpaired) electrons. The monoisotopic (exact) mass is 220 g/mol. The van der Waals surface area contributed by atoms with Gasteiger partial charge in [0.15, 0.2) is 0 Å². The summed E-state index contributed by atoms with van der Waals surface area (Å²) in [6.07, 6.45) is 9.72. The minimum Gasteiger partial charge on any atom is -0.494 e. The van der Waals surface area contributed by atoms with Gasteiger partial charge in [0.1, 0.15) is 11.7 Å². The molecule has 3 atom stereocenters. The highest BCUT2D eigenvalue weighted by atomic mass is 16.5. The maximum absolute atomic E-state index is 5.90. The smallest absolute Gasteiger partial charge is 0.145 e. The van der Waals surface area contributed by atoms with Crippen molar-refractivity contribution >= 4 is 0 Å². The Kier molecular flexibility index (Phi) is 2.27. The lowest BCUT2D eigenvalue weighted by Crippen LogP contribution is -2.61. The van der Waals surface area contributed by atoms with Crippen LogP contribution in [0.25, 0.3) is 0 Å². The SMILES string of the molecule is C=COC1C2CC3CC(C2)CC1(OC=C)C3. The predicted octanol–water partition coefficient (Wildman–Crippen LogP) is 3.25. The van der Waals surface area contributed by atoms with E-state index in [2.05, 4.69) is 13.2 Å². The Morgan fingerprint density at radius 2 is 1.69 bits per heavy atom. The minimum absolute atomic E-state index is 0.0926. The van der Waals surface area contributed by atoms with Gasteiger partial charge in [-0.3, -0.25) is 0 Å². The Morgan fingerprint density at radius 3 is 2.25 bits per heavy atom. The first kappa shape index (κ1) is 10.2. The molecule has 0 amide bonds. The molecule has 88 valence electrons. The van der Waals surface area contributed by atoms with Gasteiger partial charge < -0.3 is 9.47 Å². The lowest BCUT2D eigenvalue weighted by molar-refractivity contribution is -0.208. The second kappa shape index (κ2) is 3.54. The third-order valence-corrected chi connectivity index (χ3v) is 4.71. The van der Waals surface area contributed by atoms with Gasteiger partial charge in [-0.1, -0.05) is 13.2 Å². The molecule has 0 aromatic rings. The van der Waals surface area contributed by atoms with E-state index >= 15 is 0 Å². The van der Waals surface area contributed by atoms with E-state index in [4.69, 9.17) is 9.47 Å². The highest BCUT2D eigenvalue weighted by Gasteiger charge is 2.59. The summed E-state index contributed by atoms with van der Waals surface area (Å²) in [6.45, 7) is 7.43. The summed E-state index contributed by atoms with van der Waals surface area (Å²) < 4.78 is 11.7. The molecular weight excluding hydrogens is 200 g/mol. The second-order valence-electron chi connectivity index (χ2n) is 5.68. The van der Waals surface area contributed by atoms with Gasteiger partial charge in [0.25, 0.3) is 0 Å². The quantitative estimate of drug-likeness (QED) is 0.677. The number of ether oxygens (including phenoxy) is 2. The average molecular weight is 220 g/mol. The highest BCUT2D eigenvalue weighted by molar-refractivity contribution is 5.10. The van der Waals surface area contributed by atoms with E-state index in [1.165, 1.54) is 19.3 Å². The Balaban J connectivity index is 1.91. The molecule has 0 saturated heterocycles. The van der Waals surface area contributed by atoms with Crippen molar-refractivity contribution < 1.29 is 9.47 Å². The molecule has 3 unspecified atom stereocenters. The van der Waals surface area contributed by atoms with Crippen molar-refractivity contribution in [3.63, 3.8) is 0 Å². The Morgan fingerprint density at radius 1 is 1.00 bits per heavy atom. The first-order chi connectivity index (χ1) is 7.77. The molecule has 4 saturated carbocycles. The molecule has 0 aliphatic heterocycles. The van der Waals surface area contributed by atoms with Gasteiger partial charge in [0.2, 0.25) is 0 Å². The van der Waals surface area contributed by atoms with Crippen LogP contribution in [0.5, 0.6) is 0 Å². The molecule has 0 N–H and O–H groups in total. The molecule has 16 heavy (non-hydrogen) atoms. The summed E-state index contributed by atoms with van der Waals surface area (Å²) in [5.74, 6) is 2.37. The van der Waals surface area contributed by atoms with Crippen molar-refractivity contribution in [1.29, 1.82) is 0 Å². The Bertz CT molecular complexity index is 296. The Hall–Kier alpha value is -0.920. The zero-order valence-electron chi connectivity index (χ0n) is 9.73. The van der Waals surface area contributed by atoms with E-state index < -0.39 is 0 Å². The first-order valence-corrected chi connectivity index (χ1v) is 6.32. The van der Waals surface area contributed by atoms with E-state index in [0.717, 1.165) is 24.7 Å². The number of hydrogen-bond acceptors (Lipinski definition) is 2. The van der Waals surface area contributed by atoms with Gasteiger partial charge >= 0.3 is 0 Å². The van der Waals surface area contributed by atoms with Crippen molar-refractivity contribution in [2.45, 2.75) is 43.8 Å². The van der Waals surface area contributed by atoms with E-state index in [0.29, 0.717) is 5.92 Å². The van der Waals surface area contributed by atoms with Crippen LogP contribution in [-0.2, 0) is 9.47 Å². The average Bonchev–Trinajstić information content (AvgIpc) is 2.23. The summed E-state index contributed by atoms with van der Waals surface area (Å²) in [5.41, 5.74) is -0.0926. The molecule has 0 aromatic carbocycles. The van der Waals surface area contributed by atoms with Crippen LogP contribution in [0.3, 0.4) is 0 Å². The van der Waals surface area contributed by atoms with Gasteiger partial charge in [-0.15, -0.1) is 0 Å². The molecular formula is C14H20O2. The van der Waals surface area contributed by atoms with Crippen LogP contribution in [0.4, 0.5) is 0 Å². The van der Waals surface area contributed by atoms with Crippen LogP contribution in [0.1, 0.15) is 32.1 Å². The molecule has 0 aromatic heterocycles. The summed E-state index contributed by atoms with van der Waals surface area (Å²) in [6, 6.07) is 0. The van der Waals surface area contributed by atoms with E-state index in [9.17, 15) is 0 Å². The van der Waals surface area contributed by atoms with Crippen LogP contribution < -0.4 is 0 Å². The number of rotatable bonds is 4. The highest BCUT2D eigenvalue weighted by Crippen LogP contribution is 2.58. The molecule has 4 bridgehead atoms. The summed E-state index contributed by atoms with van der Waals surface area (Å²) >= 11 is 0. The van der Waals surface area contributed by atoms with Crippen LogP contribution in [0.15, 0.2) is 25.7 Å². The third-order valence-electron chi connectivity index (χ3n) is 4.71. The lowest BCUT2D eigenvalue weighted by Gasteiger charge is -2.59. The fourth-order valence-electron chi connectivity index (χ4n) is 4.59. The summed E-state index contributed by atoms with van der Waals surface area (Å²) in [4.78, 5) is 0. The maximum Gasteiger partial charge on any atom is 0.145 e. The molecule has 4 fully saturated rings. The fourth-order valence-corrected chi connectivity index (χ4v) is 4.59. The lowest BCUT2D eigenvalue weighted by atomic mass is 9.53. The first-order valence-electron chi connectivity index (χ1n) is 6.32. The molecule has 4 rings (SSSR count). The van der Waals surface area contributed by atoms with E-state index in [1.54, 1.807) is 12.5 Å². The number of hydrogen-bond donors (Lipinski definition) is 0. The van der Waals surface area contributed by atoms with Gasteiger partial charge in [0, 0.05) is 5.92 Å². The van der Waals surface area contributed by atoms with E-state index in [1.807, 2.05) is 0 Å². The normalized spacial score (nSPS) is 48.8. The van der Waals surface area contributed by atoms with Crippen LogP contribution in [0, 0.1) is 17.8 Å². The van der Waals surface area contributed by atoms with Gasteiger partial charge in [-0.25, -0.2) is 0 Å². The molecule has 2 heteroatoms. The molecule has 2 nitrogen and oxygen atoms in total. The third kappa shape index (κ3) is 1.32. The largest absolute Gasteiger partial charge is 0.494 e. The topological polar surface area (TPSA) is 18.5 Å². The van der Waals surface area contributed by atoms with Gasteiger partial charge in [-0.2, -0.15) is 0 Å². The van der Waals surface area contributed by atoms with E-state index in [-0.39, 0.29) is 11.7 Å². The van der Waals surface area contributed by atoms with Crippen LogP contribution in [-0.4, -0.2) is 11.7 Å². The summed E-state index contributed by atoms with van der Waals surface area (Å²) in [7, 11) is 0. The Labute approximate surface area is 97.3 Å². The molecule has 0 heterocycles. The van der Waals surface area contributed by atoms with Crippen LogP contribution >= 0.6 is 0 Å². The summed E-state index contributed by atoms with van der Waals surface area (Å²) in [5, 5.41) is 0. The van der Waals surface area contributed by atoms with Gasteiger partial charge in [0.05, 0.1) is 12.5 Å². The minimum atomic E-state index is -0.0926. The molecule has 4 aliphatic carbocycles. The maximum atomic E-state index is 5.90. The predicted molar refractivity (Wildman–Crippen MR) is 62.6 cm³/mol. The second-order valence-corrected chi connectivity index (χ2v) is 5.68. The van der Waals surface area contributed by atoms with Gasteiger partial charge in [-0.05, 0) is 43.9 Å². The standard InChI is InChI=1S/C14H20O2/c1-3-15-13-12-6-10-5-11(7-12)9-14(13,8-10)16-4-2/h3-4,10-13H,1-2,5-9H2. The van der Waals surface area contributed by atoms with Crippen LogP contribution in [0.2, 0.25) is 0 Å². The van der Waals surface area contributed by atoms with Crippen molar-refractivity contribution in [3.8, 4) is 0 Å². The zero-order valence-corrected chi connectivity index (χ0v) is 9.73.